The summed E-state index contributed by atoms with van der Waals surface area (Å²) in [5.41, 5.74) is 1.17. The van der Waals surface area contributed by atoms with E-state index >= 15 is 0 Å². The molecule has 0 unspecified atom stereocenters. The van der Waals surface area contributed by atoms with Crippen LogP contribution >= 0.6 is 0 Å². The maximum atomic E-state index is 11.7. The molecule has 0 radical (unpaired) electrons. The van der Waals surface area contributed by atoms with Crippen molar-refractivity contribution in [3.63, 3.8) is 0 Å². The maximum Gasteiger partial charge on any atom is 0.229 e. The predicted molar refractivity (Wildman–Crippen MR) is 88.0 cm³/mol. The molecular weight excluding hydrogens is 294 g/mol. The number of ether oxygens (including phenoxy) is 1. The second-order valence-corrected chi connectivity index (χ2v) is 5.57. The number of nitrogens with one attached hydrogen (secondary N) is 2. The van der Waals surface area contributed by atoms with Crippen molar-refractivity contribution in [3.05, 3.63) is 35.9 Å². The van der Waals surface area contributed by atoms with Crippen LogP contribution in [0.4, 0.5) is 0 Å². The lowest BCUT2D eigenvalue weighted by molar-refractivity contribution is -0.129. The molecule has 2 N–H and O–H groups in total. The molecule has 0 aromatic heterocycles. The number of benzene rings is 1. The zero-order chi connectivity index (χ0) is 16.3. The fourth-order valence-corrected chi connectivity index (χ4v) is 2.44. The van der Waals surface area contributed by atoms with Gasteiger partial charge in [0.2, 0.25) is 11.8 Å². The van der Waals surface area contributed by atoms with Gasteiger partial charge in [-0.05, 0) is 12.0 Å². The normalized spacial score (nSPS) is 15.1. The third-order valence-electron chi connectivity index (χ3n) is 3.75. The number of carbonyl (C=O) groups is 2. The molecule has 0 saturated carbocycles. The summed E-state index contributed by atoms with van der Waals surface area (Å²) in [6, 6.07) is 9.94. The maximum absolute atomic E-state index is 11.7. The summed E-state index contributed by atoms with van der Waals surface area (Å²) in [6.45, 7) is 5.20. The fourth-order valence-electron chi connectivity index (χ4n) is 2.44. The van der Waals surface area contributed by atoms with Gasteiger partial charge in [0.1, 0.15) is 6.42 Å². The van der Waals surface area contributed by atoms with E-state index in [1.807, 2.05) is 30.3 Å². The molecule has 0 aliphatic carbocycles. The largest absolute Gasteiger partial charge is 0.379 e. The van der Waals surface area contributed by atoms with E-state index in [4.69, 9.17) is 4.74 Å². The molecule has 6 nitrogen and oxygen atoms in total. The zero-order valence-corrected chi connectivity index (χ0v) is 13.4. The summed E-state index contributed by atoms with van der Waals surface area (Å²) in [4.78, 5) is 25.7. The smallest absolute Gasteiger partial charge is 0.229 e. The first-order valence-corrected chi connectivity index (χ1v) is 8.11. The predicted octanol–water partition coefficient (Wildman–Crippen LogP) is 0.184. The molecule has 2 rings (SSSR count). The monoisotopic (exact) mass is 319 g/mol. The van der Waals surface area contributed by atoms with Crippen LogP contribution in [-0.4, -0.2) is 62.7 Å². The lowest BCUT2D eigenvalue weighted by Gasteiger charge is -2.26. The Hall–Kier alpha value is -1.92. The van der Waals surface area contributed by atoms with Gasteiger partial charge in [-0.25, -0.2) is 0 Å². The molecule has 1 aromatic carbocycles. The molecule has 1 saturated heterocycles. The summed E-state index contributed by atoms with van der Waals surface area (Å²) >= 11 is 0. The van der Waals surface area contributed by atoms with Gasteiger partial charge in [0.25, 0.3) is 0 Å². The van der Waals surface area contributed by atoms with Crippen LogP contribution in [0.5, 0.6) is 0 Å². The number of hydrogen-bond acceptors (Lipinski definition) is 4. The van der Waals surface area contributed by atoms with E-state index in [2.05, 4.69) is 15.5 Å². The van der Waals surface area contributed by atoms with Gasteiger partial charge in [0.15, 0.2) is 0 Å². The van der Waals surface area contributed by atoms with Crippen molar-refractivity contribution in [2.45, 2.75) is 12.8 Å². The van der Waals surface area contributed by atoms with E-state index in [0.29, 0.717) is 13.1 Å². The minimum Gasteiger partial charge on any atom is -0.379 e. The van der Waals surface area contributed by atoms with Crippen molar-refractivity contribution < 1.29 is 14.3 Å². The van der Waals surface area contributed by atoms with Crippen LogP contribution in [0.25, 0.3) is 0 Å². The third-order valence-corrected chi connectivity index (χ3v) is 3.75. The van der Waals surface area contributed by atoms with Crippen molar-refractivity contribution in [2.24, 2.45) is 0 Å². The Labute approximate surface area is 137 Å². The van der Waals surface area contributed by atoms with Gasteiger partial charge < -0.3 is 15.4 Å². The highest BCUT2D eigenvalue weighted by molar-refractivity contribution is 5.96. The standard InChI is InChI=1S/C17H25N3O3/c21-16(18-7-6-15-4-2-1-3-5-15)14-17(22)19-8-9-20-10-12-23-13-11-20/h1-5H,6-14H2,(H,18,21)(H,19,22). The number of carbonyl (C=O) groups excluding carboxylic acids is 2. The second-order valence-electron chi connectivity index (χ2n) is 5.57. The number of morpholine rings is 1. The molecular formula is C17H25N3O3. The molecule has 1 fully saturated rings. The third kappa shape index (κ3) is 7.25. The fraction of sp³-hybridized carbons (Fsp3) is 0.529. The zero-order valence-electron chi connectivity index (χ0n) is 13.4. The summed E-state index contributed by atoms with van der Waals surface area (Å²) in [6.07, 6.45) is 0.656. The number of hydrogen-bond donors (Lipinski definition) is 2. The quantitative estimate of drug-likeness (QED) is 0.671. The highest BCUT2D eigenvalue weighted by Crippen LogP contribution is 1.98. The topological polar surface area (TPSA) is 70.7 Å². The lowest BCUT2D eigenvalue weighted by Crippen LogP contribution is -2.42. The van der Waals surface area contributed by atoms with E-state index in [1.165, 1.54) is 5.56 Å². The van der Waals surface area contributed by atoms with E-state index in [-0.39, 0.29) is 18.2 Å². The SMILES string of the molecule is O=C(CC(=O)NCCN1CCOCC1)NCCc1ccccc1. The summed E-state index contributed by atoms with van der Waals surface area (Å²) in [5, 5.41) is 5.56. The molecule has 1 aliphatic rings. The lowest BCUT2D eigenvalue weighted by atomic mass is 10.1. The van der Waals surface area contributed by atoms with Crippen LogP contribution in [0.15, 0.2) is 30.3 Å². The van der Waals surface area contributed by atoms with Crippen molar-refractivity contribution in [1.29, 1.82) is 0 Å². The molecule has 0 spiro atoms. The van der Waals surface area contributed by atoms with E-state index in [9.17, 15) is 9.59 Å². The average Bonchev–Trinajstić information content (AvgIpc) is 2.57. The second kappa shape index (κ2) is 9.97. The Kier molecular flexibility index (Phi) is 7.56. The number of amides is 2. The van der Waals surface area contributed by atoms with E-state index in [1.54, 1.807) is 0 Å². The average molecular weight is 319 g/mol. The van der Waals surface area contributed by atoms with Crippen molar-refractivity contribution in [1.82, 2.24) is 15.5 Å². The van der Waals surface area contributed by atoms with Gasteiger partial charge in [0, 0.05) is 32.7 Å². The van der Waals surface area contributed by atoms with Crippen LogP contribution in [0.2, 0.25) is 0 Å². The number of rotatable bonds is 8. The molecule has 0 atom stereocenters. The van der Waals surface area contributed by atoms with Gasteiger partial charge in [-0.15, -0.1) is 0 Å². The Morgan fingerprint density at radius 2 is 1.65 bits per heavy atom. The van der Waals surface area contributed by atoms with Gasteiger partial charge in [-0.1, -0.05) is 30.3 Å². The van der Waals surface area contributed by atoms with Crippen LogP contribution < -0.4 is 10.6 Å². The van der Waals surface area contributed by atoms with Crippen LogP contribution in [0.3, 0.4) is 0 Å². The first kappa shape index (κ1) is 17.4. The van der Waals surface area contributed by atoms with Crippen molar-refractivity contribution in [3.8, 4) is 0 Å². The van der Waals surface area contributed by atoms with E-state index in [0.717, 1.165) is 39.3 Å². The Bertz CT molecular complexity index is 487. The summed E-state index contributed by atoms with van der Waals surface area (Å²) in [5.74, 6) is -0.458. The van der Waals surface area contributed by atoms with Gasteiger partial charge in [0.05, 0.1) is 13.2 Å². The van der Waals surface area contributed by atoms with Gasteiger partial charge in [-0.3, -0.25) is 14.5 Å². The van der Waals surface area contributed by atoms with Crippen LogP contribution in [0, 0.1) is 0 Å². The van der Waals surface area contributed by atoms with Crippen LogP contribution in [-0.2, 0) is 20.7 Å². The Morgan fingerprint density at radius 1 is 1.00 bits per heavy atom. The van der Waals surface area contributed by atoms with Gasteiger partial charge in [-0.2, -0.15) is 0 Å². The van der Waals surface area contributed by atoms with E-state index < -0.39 is 0 Å². The number of nitrogens with zero attached hydrogens (tertiary/aromatic N) is 1. The molecule has 23 heavy (non-hydrogen) atoms. The Morgan fingerprint density at radius 3 is 2.35 bits per heavy atom. The molecule has 126 valence electrons. The molecule has 0 bridgehead atoms. The molecule has 2 amide bonds. The minimum atomic E-state index is -0.232. The van der Waals surface area contributed by atoms with Crippen molar-refractivity contribution in [2.75, 3.05) is 45.9 Å². The van der Waals surface area contributed by atoms with Crippen LogP contribution in [0.1, 0.15) is 12.0 Å². The summed E-state index contributed by atoms with van der Waals surface area (Å²) < 4.78 is 5.27. The molecule has 1 aromatic rings. The van der Waals surface area contributed by atoms with Crippen molar-refractivity contribution >= 4 is 11.8 Å². The van der Waals surface area contributed by atoms with Gasteiger partial charge >= 0.3 is 0 Å². The Balaban J connectivity index is 1.52. The molecule has 1 heterocycles. The minimum absolute atomic E-state index is 0.113. The first-order valence-electron chi connectivity index (χ1n) is 8.11. The molecule has 1 aliphatic heterocycles. The summed E-state index contributed by atoms with van der Waals surface area (Å²) in [7, 11) is 0. The highest BCUT2D eigenvalue weighted by atomic mass is 16.5. The first-order chi connectivity index (χ1) is 11.2. The molecule has 6 heteroatoms. The highest BCUT2D eigenvalue weighted by Gasteiger charge is 2.11.